The molecule has 3 aromatic carbocycles. The van der Waals surface area contributed by atoms with Crippen LogP contribution in [0.3, 0.4) is 0 Å². The summed E-state index contributed by atoms with van der Waals surface area (Å²) in [5, 5.41) is 11.7. The predicted octanol–water partition coefficient (Wildman–Crippen LogP) is 8.00. The van der Waals surface area contributed by atoms with Gasteiger partial charge in [0.2, 0.25) is 0 Å². The van der Waals surface area contributed by atoms with E-state index in [0.717, 1.165) is 10.0 Å². The van der Waals surface area contributed by atoms with Gasteiger partial charge in [0, 0.05) is 15.7 Å². The average molecular weight is 690 g/mol. The molecule has 1 N–H and O–H groups in total. The molecule has 230 valence electrons. The van der Waals surface area contributed by atoms with Gasteiger partial charge in [0.05, 0.1) is 23.9 Å². The van der Waals surface area contributed by atoms with Gasteiger partial charge in [-0.2, -0.15) is 5.10 Å². The number of nitrogens with zero attached hydrogens (tertiary/aromatic N) is 3. The Kier molecular flexibility index (Phi) is 9.99. The van der Waals surface area contributed by atoms with Crippen molar-refractivity contribution in [3.8, 4) is 5.75 Å². The fourth-order valence-electron chi connectivity index (χ4n) is 4.27. The second-order valence-electron chi connectivity index (χ2n) is 11.1. The first kappa shape index (κ1) is 31.9. The third-order valence-electron chi connectivity index (χ3n) is 6.65. The molecule has 2 heterocycles. The average Bonchev–Trinajstić information content (AvgIpc) is 3.62. The van der Waals surface area contributed by atoms with Crippen molar-refractivity contribution in [3.05, 3.63) is 123 Å². The van der Waals surface area contributed by atoms with Crippen LogP contribution in [-0.4, -0.2) is 34.7 Å². The normalized spacial score (nSPS) is 15.4. The highest BCUT2D eigenvalue weighted by Crippen LogP contribution is 2.36. The largest absolute Gasteiger partial charge is 0.483 e. The van der Waals surface area contributed by atoms with Crippen LogP contribution in [0.25, 0.3) is 6.08 Å². The highest BCUT2D eigenvalue weighted by Gasteiger charge is 2.34. The summed E-state index contributed by atoms with van der Waals surface area (Å²) in [6.07, 6.45) is 4.89. The Morgan fingerprint density at radius 3 is 2.53 bits per heavy atom. The molecule has 0 saturated carbocycles. The summed E-state index contributed by atoms with van der Waals surface area (Å²) in [7, 11) is 0. The van der Waals surface area contributed by atoms with Crippen LogP contribution in [0.15, 0.2) is 109 Å². The van der Waals surface area contributed by atoms with Gasteiger partial charge >= 0.3 is 0 Å². The number of benzene rings is 3. The van der Waals surface area contributed by atoms with E-state index >= 15 is 0 Å². The number of halogens is 2. The van der Waals surface area contributed by atoms with Crippen molar-refractivity contribution >= 4 is 62.7 Å². The van der Waals surface area contributed by atoms with Crippen LogP contribution >= 0.6 is 27.7 Å². The molecule has 0 unspecified atom stereocenters. The van der Waals surface area contributed by atoms with Crippen molar-refractivity contribution in [1.82, 2.24) is 4.90 Å². The van der Waals surface area contributed by atoms with E-state index in [4.69, 9.17) is 9.15 Å². The summed E-state index contributed by atoms with van der Waals surface area (Å²) in [5.41, 5.74) is 3.17. The summed E-state index contributed by atoms with van der Waals surface area (Å²) in [4.78, 5) is 28.0. The monoisotopic (exact) mass is 688 g/mol. The van der Waals surface area contributed by atoms with Crippen molar-refractivity contribution in [2.75, 3.05) is 11.9 Å². The summed E-state index contributed by atoms with van der Waals surface area (Å²) < 4.78 is 25.3. The summed E-state index contributed by atoms with van der Waals surface area (Å²) >= 11 is 4.65. The van der Waals surface area contributed by atoms with E-state index in [-0.39, 0.29) is 24.5 Å². The second-order valence-corrected chi connectivity index (χ2v) is 13.0. The number of amides is 2. The van der Waals surface area contributed by atoms with E-state index in [1.165, 1.54) is 46.5 Å². The maximum absolute atomic E-state index is 13.6. The second kappa shape index (κ2) is 14.1. The fourth-order valence-corrected chi connectivity index (χ4v) is 5.58. The molecule has 0 spiro atoms. The van der Waals surface area contributed by atoms with E-state index in [1.54, 1.807) is 48.9 Å². The van der Waals surface area contributed by atoms with Crippen LogP contribution in [-0.2, 0) is 21.5 Å². The molecule has 45 heavy (non-hydrogen) atoms. The Morgan fingerprint density at radius 2 is 1.84 bits per heavy atom. The minimum absolute atomic E-state index is 0.0431. The lowest BCUT2D eigenvalue weighted by atomic mass is 9.87. The van der Waals surface area contributed by atoms with Gasteiger partial charge in [-0.15, -0.1) is 5.10 Å². The van der Waals surface area contributed by atoms with Gasteiger partial charge in [-0.25, -0.2) is 4.39 Å². The van der Waals surface area contributed by atoms with E-state index < -0.39 is 11.7 Å². The van der Waals surface area contributed by atoms with Gasteiger partial charge in [-0.05, 0) is 89.0 Å². The van der Waals surface area contributed by atoms with E-state index in [1.807, 2.05) is 12.1 Å². The predicted molar refractivity (Wildman–Crippen MR) is 180 cm³/mol. The highest BCUT2D eigenvalue weighted by molar-refractivity contribution is 9.10. The molecule has 2 amide bonds. The van der Waals surface area contributed by atoms with E-state index in [9.17, 15) is 14.0 Å². The minimum Gasteiger partial charge on any atom is -0.483 e. The third kappa shape index (κ3) is 8.58. The van der Waals surface area contributed by atoms with Crippen molar-refractivity contribution in [3.63, 3.8) is 0 Å². The van der Waals surface area contributed by atoms with Gasteiger partial charge < -0.3 is 14.5 Å². The highest BCUT2D eigenvalue weighted by atomic mass is 79.9. The van der Waals surface area contributed by atoms with Crippen LogP contribution in [0.4, 0.5) is 10.1 Å². The number of rotatable bonds is 9. The van der Waals surface area contributed by atoms with Gasteiger partial charge in [-0.3, -0.25) is 14.5 Å². The van der Waals surface area contributed by atoms with Gasteiger partial charge in [0.25, 0.3) is 11.8 Å². The molecule has 0 atom stereocenters. The summed E-state index contributed by atoms with van der Waals surface area (Å²) in [6.45, 7) is 6.36. The molecule has 0 bridgehead atoms. The standard InChI is InChI=1S/C34H30BrFN4O4S/c1-34(2,3)24-8-6-22(7-9-24)19-37-39-33-40(20-28-5-4-16-43-28)32(42)30(45-33)18-23-17-25(35)10-15-29(23)44-21-31(41)38-27-13-11-26(36)12-14-27/h4-19H,20-21H2,1-3H3,(H,38,41)/b30-18-,37-19-,39-33+. The molecule has 4 aromatic rings. The Bertz CT molecular complexity index is 1760. The number of ether oxygens (including phenoxy) is 1. The van der Waals surface area contributed by atoms with Gasteiger partial charge in [-0.1, -0.05) is 61.0 Å². The molecule has 1 aliphatic rings. The number of amidine groups is 1. The third-order valence-corrected chi connectivity index (χ3v) is 8.14. The zero-order valence-electron chi connectivity index (χ0n) is 24.8. The molecule has 1 aromatic heterocycles. The maximum atomic E-state index is 13.6. The Labute approximate surface area is 273 Å². The molecule has 0 radical (unpaired) electrons. The number of anilines is 1. The van der Waals surface area contributed by atoms with Crippen molar-refractivity contribution in [1.29, 1.82) is 0 Å². The van der Waals surface area contributed by atoms with E-state index in [0.29, 0.717) is 32.8 Å². The number of thioether (sulfide) groups is 1. The Hall–Kier alpha value is -4.48. The first-order valence-corrected chi connectivity index (χ1v) is 15.6. The number of nitrogens with one attached hydrogen (secondary N) is 1. The first-order valence-electron chi connectivity index (χ1n) is 14.0. The molecule has 1 saturated heterocycles. The molecule has 5 rings (SSSR count). The number of furan rings is 1. The molecule has 1 aliphatic heterocycles. The number of carbonyl (C=O) groups is 2. The van der Waals surface area contributed by atoms with Crippen LogP contribution in [0.5, 0.6) is 5.75 Å². The zero-order chi connectivity index (χ0) is 32.0. The number of carbonyl (C=O) groups excluding carboxylic acids is 2. The van der Waals surface area contributed by atoms with Crippen molar-refractivity contribution in [2.24, 2.45) is 10.2 Å². The molecular weight excluding hydrogens is 659 g/mol. The Balaban J connectivity index is 1.36. The smallest absolute Gasteiger partial charge is 0.267 e. The molecule has 0 aliphatic carbocycles. The van der Waals surface area contributed by atoms with Crippen LogP contribution in [0, 0.1) is 5.82 Å². The maximum Gasteiger partial charge on any atom is 0.267 e. The number of hydrogen-bond acceptors (Lipinski definition) is 7. The van der Waals surface area contributed by atoms with E-state index in [2.05, 4.69) is 64.4 Å². The topological polar surface area (TPSA) is 96.5 Å². The molecule has 1 fully saturated rings. The van der Waals surface area contributed by atoms with Crippen molar-refractivity contribution in [2.45, 2.75) is 32.7 Å². The lowest BCUT2D eigenvalue weighted by molar-refractivity contribution is -0.122. The Morgan fingerprint density at radius 1 is 1.09 bits per heavy atom. The lowest BCUT2D eigenvalue weighted by Crippen LogP contribution is -2.28. The summed E-state index contributed by atoms with van der Waals surface area (Å²) in [5.74, 6) is -0.102. The van der Waals surface area contributed by atoms with Crippen LogP contribution < -0.4 is 10.1 Å². The SMILES string of the molecule is CC(C)(C)c1ccc(/C=N\N=C2\S/C(=C\c3cc(Br)ccc3OCC(=O)Nc3ccc(F)cc3)C(=O)N2Cc2ccco2)cc1. The molecule has 11 heteroatoms. The first-order chi connectivity index (χ1) is 21.5. The molecule has 8 nitrogen and oxygen atoms in total. The van der Waals surface area contributed by atoms with Gasteiger partial charge in [0.15, 0.2) is 11.8 Å². The minimum atomic E-state index is -0.417. The quantitative estimate of drug-likeness (QED) is 0.109. The lowest BCUT2D eigenvalue weighted by Gasteiger charge is -2.18. The van der Waals surface area contributed by atoms with Gasteiger partial charge in [0.1, 0.15) is 17.3 Å². The fraction of sp³-hybridized carbons (Fsp3) is 0.176. The number of hydrogen-bond donors (Lipinski definition) is 1. The van der Waals surface area contributed by atoms with Crippen molar-refractivity contribution < 1.29 is 23.1 Å². The van der Waals surface area contributed by atoms with Crippen LogP contribution in [0.1, 0.15) is 43.2 Å². The summed E-state index contributed by atoms with van der Waals surface area (Å²) in [6, 6.07) is 22.4. The van der Waals surface area contributed by atoms with Crippen LogP contribution in [0.2, 0.25) is 0 Å². The molecular formula is C34H30BrFN4O4S. The zero-order valence-corrected chi connectivity index (χ0v) is 27.2.